The molecule has 1 aromatic carbocycles. The van der Waals surface area contributed by atoms with Gasteiger partial charge in [-0.3, -0.25) is 9.69 Å². The van der Waals surface area contributed by atoms with Gasteiger partial charge in [-0.05, 0) is 45.5 Å². The number of rotatable bonds is 8. The Balaban J connectivity index is 2.03. The van der Waals surface area contributed by atoms with Gasteiger partial charge in [0.25, 0.3) is 0 Å². The van der Waals surface area contributed by atoms with E-state index in [1.54, 1.807) is 31.2 Å². The van der Waals surface area contributed by atoms with Crippen LogP contribution in [0.2, 0.25) is 0 Å². The first-order valence-corrected chi connectivity index (χ1v) is 8.62. The zero-order valence-electron chi connectivity index (χ0n) is 16.3. The summed E-state index contributed by atoms with van der Waals surface area (Å²) in [4.78, 5) is 14.6. The molecule has 0 aliphatic heterocycles. The number of nitrogens with zero attached hydrogens (tertiary/aromatic N) is 3. The Morgan fingerprint density at radius 2 is 1.88 bits per heavy atom. The molecule has 2 aromatic rings. The zero-order valence-corrected chi connectivity index (χ0v) is 16.3. The van der Waals surface area contributed by atoms with Crippen molar-refractivity contribution < 1.29 is 14.3 Å². The minimum absolute atomic E-state index is 0.0737. The van der Waals surface area contributed by atoms with Crippen LogP contribution in [0.4, 0.5) is 5.82 Å². The van der Waals surface area contributed by atoms with Gasteiger partial charge in [-0.1, -0.05) is 6.07 Å². The quantitative estimate of drug-likeness (QED) is 0.784. The second-order valence-corrected chi connectivity index (χ2v) is 6.52. The Kier molecular flexibility index (Phi) is 6.63. The fraction of sp³-hybridized carbons (Fsp3) is 0.474. The van der Waals surface area contributed by atoms with Crippen LogP contribution in [-0.4, -0.2) is 47.9 Å². The second-order valence-electron chi connectivity index (χ2n) is 6.52. The lowest BCUT2D eigenvalue weighted by molar-refractivity contribution is -0.120. The predicted molar refractivity (Wildman–Crippen MR) is 102 cm³/mol. The first-order valence-electron chi connectivity index (χ1n) is 8.62. The monoisotopic (exact) mass is 360 g/mol. The summed E-state index contributed by atoms with van der Waals surface area (Å²) in [5.74, 6) is 2.00. The molecule has 7 nitrogen and oxygen atoms in total. The maximum Gasteiger partial charge on any atom is 0.242 e. The molecule has 1 aromatic heterocycles. The number of carbonyl (C=O) groups is 1. The van der Waals surface area contributed by atoms with E-state index in [9.17, 15) is 4.79 Å². The molecule has 0 bridgehead atoms. The molecule has 2 rings (SSSR count). The van der Waals surface area contributed by atoms with Crippen LogP contribution in [0.5, 0.6) is 11.5 Å². The van der Waals surface area contributed by atoms with Crippen molar-refractivity contribution in [3.8, 4) is 11.5 Å². The van der Waals surface area contributed by atoms with Crippen LogP contribution in [-0.2, 0) is 11.3 Å². The maximum atomic E-state index is 12.6. The number of carbonyl (C=O) groups excluding carboxylic acids is 1. The molecule has 7 heteroatoms. The van der Waals surface area contributed by atoms with Crippen LogP contribution in [0.3, 0.4) is 0 Å². The highest BCUT2D eigenvalue weighted by molar-refractivity contribution is 5.93. The van der Waals surface area contributed by atoms with Gasteiger partial charge in [-0.2, -0.15) is 5.10 Å². The van der Waals surface area contributed by atoms with Gasteiger partial charge in [0, 0.05) is 18.7 Å². The van der Waals surface area contributed by atoms with E-state index >= 15 is 0 Å². The van der Waals surface area contributed by atoms with E-state index in [1.165, 1.54) is 0 Å². The van der Waals surface area contributed by atoms with Gasteiger partial charge >= 0.3 is 0 Å². The number of anilines is 1. The van der Waals surface area contributed by atoms with E-state index in [4.69, 9.17) is 9.47 Å². The van der Waals surface area contributed by atoms with Gasteiger partial charge in [-0.15, -0.1) is 0 Å². The number of likely N-dealkylation sites (N-methyl/N-ethyl adjacent to an activating group) is 1. The molecule has 26 heavy (non-hydrogen) atoms. The summed E-state index contributed by atoms with van der Waals surface area (Å²) in [6.07, 6.45) is 1.69. The van der Waals surface area contributed by atoms with Crippen molar-refractivity contribution >= 4 is 11.7 Å². The van der Waals surface area contributed by atoms with Crippen LogP contribution in [0.15, 0.2) is 30.5 Å². The van der Waals surface area contributed by atoms with Gasteiger partial charge < -0.3 is 14.8 Å². The highest BCUT2D eigenvalue weighted by atomic mass is 16.5. The molecule has 0 spiro atoms. The van der Waals surface area contributed by atoms with Gasteiger partial charge in [0.05, 0.1) is 26.5 Å². The van der Waals surface area contributed by atoms with Crippen molar-refractivity contribution in [1.29, 1.82) is 0 Å². The molecule has 1 amide bonds. The summed E-state index contributed by atoms with van der Waals surface area (Å²) in [5, 5.41) is 7.19. The number of methoxy groups -OCH3 is 2. The molecule has 142 valence electrons. The highest BCUT2D eigenvalue weighted by Crippen LogP contribution is 2.28. The number of hydrogen-bond donors (Lipinski definition) is 1. The highest BCUT2D eigenvalue weighted by Gasteiger charge is 2.20. The summed E-state index contributed by atoms with van der Waals surface area (Å²) in [6, 6.07) is 7.44. The van der Waals surface area contributed by atoms with Crippen LogP contribution in [0.25, 0.3) is 0 Å². The van der Waals surface area contributed by atoms with E-state index < -0.39 is 0 Å². The Bertz CT molecular complexity index is 742. The normalized spacial score (nSPS) is 12.3. The van der Waals surface area contributed by atoms with E-state index in [0.717, 1.165) is 5.56 Å². The van der Waals surface area contributed by atoms with Crippen LogP contribution >= 0.6 is 0 Å². The summed E-state index contributed by atoms with van der Waals surface area (Å²) in [7, 11) is 5.14. The lowest BCUT2D eigenvalue weighted by atomic mass is 10.1. The summed E-state index contributed by atoms with van der Waals surface area (Å²) in [6.45, 7) is 6.54. The lowest BCUT2D eigenvalue weighted by Crippen LogP contribution is -2.39. The molecule has 1 N–H and O–H groups in total. The number of benzene rings is 1. The number of hydrogen-bond acceptors (Lipinski definition) is 5. The molecule has 0 radical (unpaired) electrons. The van der Waals surface area contributed by atoms with Crippen molar-refractivity contribution in [2.24, 2.45) is 0 Å². The Morgan fingerprint density at radius 1 is 1.19 bits per heavy atom. The van der Waals surface area contributed by atoms with Crippen molar-refractivity contribution in [2.45, 2.75) is 39.4 Å². The van der Waals surface area contributed by atoms with Crippen molar-refractivity contribution in [2.75, 3.05) is 26.6 Å². The molecular weight excluding hydrogens is 332 g/mol. The van der Waals surface area contributed by atoms with Crippen LogP contribution in [0.1, 0.15) is 32.4 Å². The molecule has 0 saturated carbocycles. The van der Waals surface area contributed by atoms with Crippen LogP contribution in [0, 0.1) is 0 Å². The number of amides is 1. The van der Waals surface area contributed by atoms with Gasteiger partial charge in [0.1, 0.15) is 5.82 Å². The number of ether oxygens (including phenoxy) is 2. The molecule has 1 atom stereocenters. The summed E-state index contributed by atoms with van der Waals surface area (Å²) >= 11 is 0. The Labute approximate surface area is 154 Å². The predicted octanol–water partition coefficient (Wildman–Crippen LogP) is 2.94. The largest absolute Gasteiger partial charge is 0.493 e. The minimum Gasteiger partial charge on any atom is -0.493 e. The first kappa shape index (κ1) is 19.8. The fourth-order valence-corrected chi connectivity index (χ4v) is 2.66. The van der Waals surface area contributed by atoms with Crippen molar-refractivity contribution in [3.05, 3.63) is 36.0 Å². The molecule has 0 aliphatic rings. The third-order valence-electron chi connectivity index (χ3n) is 4.33. The van der Waals surface area contributed by atoms with E-state index in [-0.39, 0.29) is 18.0 Å². The second kappa shape index (κ2) is 8.71. The Morgan fingerprint density at radius 3 is 2.50 bits per heavy atom. The Hall–Kier alpha value is -2.54. The zero-order chi connectivity index (χ0) is 19.3. The molecule has 0 fully saturated rings. The lowest BCUT2D eigenvalue weighted by Gasteiger charge is -2.24. The third kappa shape index (κ3) is 4.54. The number of aromatic nitrogens is 2. The van der Waals surface area contributed by atoms with Gasteiger partial charge in [0.15, 0.2) is 11.5 Å². The molecular formula is C19H28N4O3. The van der Waals surface area contributed by atoms with Crippen LogP contribution < -0.4 is 14.8 Å². The third-order valence-corrected chi connectivity index (χ3v) is 4.33. The van der Waals surface area contributed by atoms with Crippen molar-refractivity contribution in [3.63, 3.8) is 0 Å². The minimum atomic E-state index is -0.307. The maximum absolute atomic E-state index is 12.6. The molecule has 1 unspecified atom stereocenters. The number of nitrogens with one attached hydrogen (secondary N) is 1. The average molecular weight is 360 g/mol. The molecule has 0 saturated heterocycles. The SMILES string of the molecule is COc1ccc(CN(C)C(C)C(=O)Nc2ccnn2C(C)C)cc1OC. The summed E-state index contributed by atoms with van der Waals surface area (Å²) in [5.41, 5.74) is 1.04. The topological polar surface area (TPSA) is 68.6 Å². The smallest absolute Gasteiger partial charge is 0.242 e. The average Bonchev–Trinajstić information content (AvgIpc) is 3.09. The molecule has 1 heterocycles. The summed E-state index contributed by atoms with van der Waals surface area (Å²) < 4.78 is 12.4. The van der Waals surface area contributed by atoms with Gasteiger partial charge in [0.2, 0.25) is 5.91 Å². The standard InChI is InChI=1S/C19H28N4O3/c1-13(2)23-18(9-10-20-23)21-19(24)14(3)22(4)12-15-7-8-16(25-5)17(11-15)26-6/h7-11,13-14H,12H2,1-6H3,(H,21,24). The fourth-order valence-electron chi connectivity index (χ4n) is 2.66. The van der Waals surface area contributed by atoms with E-state index in [2.05, 4.69) is 10.4 Å². The van der Waals surface area contributed by atoms with Gasteiger partial charge in [-0.25, -0.2) is 4.68 Å². The first-order chi connectivity index (χ1) is 12.4. The molecule has 0 aliphatic carbocycles. The van der Waals surface area contributed by atoms with E-state index in [0.29, 0.717) is 23.9 Å². The van der Waals surface area contributed by atoms with Crippen molar-refractivity contribution in [1.82, 2.24) is 14.7 Å². The van der Waals surface area contributed by atoms with E-state index in [1.807, 2.05) is 50.9 Å².